The molecule has 0 aromatic heterocycles. The molecule has 0 aliphatic heterocycles. The first-order valence-corrected chi connectivity index (χ1v) is 7.09. The van der Waals surface area contributed by atoms with Crippen molar-refractivity contribution in [2.45, 2.75) is 51.0 Å². The van der Waals surface area contributed by atoms with E-state index in [1.165, 1.54) is 51.0 Å². The van der Waals surface area contributed by atoms with Crippen molar-refractivity contribution < 1.29 is 4.43 Å². The normalized spacial score (nSPS) is 11.2. The first kappa shape index (κ1) is 12.9. The van der Waals surface area contributed by atoms with Crippen LogP contribution in [0.15, 0.2) is 12.7 Å². The molecule has 0 fully saturated rings. The first-order valence-electron chi connectivity index (χ1n) is 5.51. The van der Waals surface area contributed by atoms with E-state index in [0.717, 1.165) is 0 Å². The highest BCUT2D eigenvalue weighted by atomic mass is 28.2. The second-order valence-electron chi connectivity index (χ2n) is 3.55. The van der Waals surface area contributed by atoms with Crippen molar-refractivity contribution in [1.29, 1.82) is 0 Å². The second-order valence-corrected chi connectivity index (χ2v) is 5.24. The summed E-state index contributed by atoms with van der Waals surface area (Å²) in [5, 5.41) is 0. The zero-order chi connectivity index (χ0) is 9.78. The average molecular weight is 200 g/mol. The minimum absolute atomic E-state index is 0.139. The Morgan fingerprint density at radius 2 is 1.69 bits per heavy atom. The molecule has 0 bridgehead atoms. The molecule has 0 unspecified atom stereocenters. The smallest absolute Gasteiger partial charge is 0.161 e. The molecule has 78 valence electrons. The van der Waals surface area contributed by atoms with Gasteiger partial charge >= 0.3 is 0 Å². The summed E-state index contributed by atoms with van der Waals surface area (Å²) < 4.78 is 5.13. The number of unbranched alkanes of at least 4 members (excludes halogenated alkanes) is 6. The van der Waals surface area contributed by atoms with E-state index in [1.807, 2.05) is 13.2 Å². The highest BCUT2D eigenvalue weighted by molar-refractivity contribution is 6.26. The van der Waals surface area contributed by atoms with Gasteiger partial charge in [-0.1, -0.05) is 38.2 Å². The lowest BCUT2D eigenvalue weighted by atomic mass is 10.1. The Bertz CT molecular complexity index is 104. The molecule has 0 rings (SSSR count). The van der Waals surface area contributed by atoms with E-state index in [-0.39, 0.29) is 9.76 Å². The van der Waals surface area contributed by atoms with Crippen molar-refractivity contribution in [3.05, 3.63) is 12.7 Å². The van der Waals surface area contributed by atoms with E-state index in [4.69, 9.17) is 4.43 Å². The van der Waals surface area contributed by atoms with Gasteiger partial charge in [-0.15, -0.1) is 6.58 Å². The molecule has 0 radical (unpaired) electrons. The molecule has 0 N–H and O–H groups in total. The van der Waals surface area contributed by atoms with Crippen LogP contribution in [0.3, 0.4) is 0 Å². The Hall–Kier alpha value is -0.0831. The third-order valence-corrected chi connectivity index (χ3v) is 3.45. The molecule has 1 nitrogen and oxygen atoms in total. The molecule has 0 heterocycles. The summed E-state index contributed by atoms with van der Waals surface area (Å²) in [7, 11) is 1.70. The van der Waals surface area contributed by atoms with Crippen LogP contribution in [0.25, 0.3) is 0 Å². The molecule has 0 amide bonds. The summed E-state index contributed by atoms with van der Waals surface area (Å²) in [5.41, 5.74) is 0. The van der Waals surface area contributed by atoms with E-state index in [0.29, 0.717) is 0 Å². The number of hydrogen-bond acceptors (Lipinski definition) is 1. The van der Waals surface area contributed by atoms with E-state index >= 15 is 0 Å². The molecule has 0 aromatic rings. The summed E-state index contributed by atoms with van der Waals surface area (Å²) >= 11 is 0. The highest BCUT2D eigenvalue weighted by Crippen LogP contribution is 2.08. The molecule has 0 aromatic carbocycles. The molecular weight excluding hydrogens is 176 g/mol. The van der Waals surface area contributed by atoms with Crippen molar-refractivity contribution in [3.63, 3.8) is 0 Å². The van der Waals surface area contributed by atoms with Crippen LogP contribution in [0.2, 0.25) is 6.04 Å². The van der Waals surface area contributed by atoms with Gasteiger partial charge in [-0.3, -0.25) is 0 Å². The fraction of sp³-hybridized carbons (Fsp3) is 0.818. The van der Waals surface area contributed by atoms with Crippen LogP contribution < -0.4 is 0 Å². The molecule has 0 spiro atoms. The lowest BCUT2D eigenvalue weighted by Gasteiger charge is -2.00. The Morgan fingerprint density at radius 1 is 1.08 bits per heavy atom. The SMILES string of the molecule is C=CCCCCCCCC[SiH2]OC. The maximum Gasteiger partial charge on any atom is 0.161 e. The van der Waals surface area contributed by atoms with Gasteiger partial charge in [0.15, 0.2) is 9.76 Å². The van der Waals surface area contributed by atoms with Crippen molar-refractivity contribution >= 4 is 9.76 Å². The number of allylic oxidation sites excluding steroid dienone is 1. The average Bonchev–Trinajstić information content (AvgIpc) is 2.16. The zero-order valence-corrected chi connectivity index (χ0v) is 10.5. The van der Waals surface area contributed by atoms with Crippen molar-refractivity contribution in [1.82, 2.24) is 0 Å². The van der Waals surface area contributed by atoms with Crippen LogP contribution in [-0.4, -0.2) is 16.9 Å². The van der Waals surface area contributed by atoms with Crippen LogP contribution in [0.4, 0.5) is 0 Å². The van der Waals surface area contributed by atoms with Gasteiger partial charge in [0.2, 0.25) is 0 Å². The molecular formula is C11H24OSi. The second kappa shape index (κ2) is 11.9. The monoisotopic (exact) mass is 200 g/mol. The van der Waals surface area contributed by atoms with Gasteiger partial charge in [0, 0.05) is 7.11 Å². The predicted octanol–water partition coefficient (Wildman–Crippen LogP) is 3.05. The third kappa shape index (κ3) is 11.9. The zero-order valence-electron chi connectivity index (χ0n) is 9.06. The standard InChI is InChI=1S/C11H24OSi/c1-3-4-5-6-7-8-9-10-11-13-12-2/h3H,1,4-11,13H2,2H3. The topological polar surface area (TPSA) is 9.23 Å². The van der Waals surface area contributed by atoms with E-state index in [9.17, 15) is 0 Å². The Labute approximate surface area is 85.5 Å². The summed E-state index contributed by atoms with van der Waals surface area (Å²) in [5.74, 6) is 0. The van der Waals surface area contributed by atoms with Gasteiger partial charge in [0.25, 0.3) is 0 Å². The van der Waals surface area contributed by atoms with Gasteiger partial charge in [0.1, 0.15) is 0 Å². The lowest BCUT2D eigenvalue weighted by Crippen LogP contribution is -1.91. The van der Waals surface area contributed by atoms with E-state index in [1.54, 1.807) is 0 Å². The minimum Gasteiger partial charge on any atom is -0.427 e. The number of rotatable bonds is 10. The van der Waals surface area contributed by atoms with Crippen LogP contribution in [-0.2, 0) is 4.43 Å². The van der Waals surface area contributed by atoms with E-state index in [2.05, 4.69) is 6.58 Å². The van der Waals surface area contributed by atoms with Crippen LogP contribution in [0, 0.1) is 0 Å². The Kier molecular flexibility index (Phi) is 11.8. The largest absolute Gasteiger partial charge is 0.427 e. The van der Waals surface area contributed by atoms with Crippen molar-refractivity contribution in [3.8, 4) is 0 Å². The quantitative estimate of drug-likeness (QED) is 0.299. The summed E-state index contributed by atoms with van der Waals surface area (Å²) in [6.07, 6.45) is 11.5. The minimum atomic E-state index is -0.139. The summed E-state index contributed by atoms with van der Waals surface area (Å²) in [6.45, 7) is 3.72. The van der Waals surface area contributed by atoms with Gasteiger partial charge in [-0.05, 0) is 18.9 Å². The fourth-order valence-electron chi connectivity index (χ4n) is 1.42. The van der Waals surface area contributed by atoms with Crippen LogP contribution in [0.1, 0.15) is 44.9 Å². The Morgan fingerprint density at radius 3 is 2.31 bits per heavy atom. The van der Waals surface area contributed by atoms with Gasteiger partial charge < -0.3 is 4.43 Å². The molecule has 2 heteroatoms. The van der Waals surface area contributed by atoms with Gasteiger partial charge in [-0.2, -0.15) is 0 Å². The summed E-state index contributed by atoms with van der Waals surface area (Å²) in [6, 6.07) is 1.36. The molecule has 0 atom stereocenters. The van der Waals surface area contributed by atoms with Crippen molar-refractivity contribution in [2.24, 2.45) is 0 Å². The first-order chi connectivity index (χ1) is 6.41. The third-order valence-electron chi connectivity index (χ3n) is 2.26. The summed E-state index contributed by atoms with van der Waals surface area (Å²) in [4.78, 5) is 0. The Balaban J connectivity index is 2.79. The van der Waals surface area contributed by atoms with Crippen LogP contribution in [0.5, 0.6) is 0 Å². The molecule has 0 aliphatic carbocycles. The number of hydrogen-bond donors (Lipinski definition) is 0. The molecule has 13 heavy (non-hydrogen) atoms. The molecule has 0 aliphatic rings. The van der Waals surface area contributed by atoms with Gasteiger partial charge in [-0.25, -0.2) is 0 Å². The lowest BCUT2D eigenvalue weighted by molar-refractivity contribution is 0.438. The van der Waals surface area contributed by atoms with Crippen molar-refractivity contribution in [2.75, 3.05) is 7.11 Å². The fourth-order valence-corrected chi connectivity index (χ4v) is 2.27. The van der Waals surface area contributed by atoms with E-state index < -0.39 is 0 Å². The molecule has 0 saturated carbocycles. The van der Waals surface area contributed by atoms with Crippen LogP contribution >= 0.6 is 0 Å². The maximum absolute atomic E-state index is 5.13. The maximum atomic E-state index is 5.13. The highest BCUT2D eigenvalue weighted by Gasteiger charge is 1.91. The predicted molar refractivity (Wildman–Crippen MR) is 62.9 cm³/mol. The molecule has 0 saturated heterocycles. The van der Waals surface area contributed by atoms with Gasteiger partial charge in [0.05, 0.1) is 0 Å².